The van der Waals surface area contributed by atoms with Crippen molar-refractivity contribution in [3.8, 4) is 0 Å². The van der Waals surface area contributed by atoms with Crippen molar-refractivity contribution in [1.29, 1.82) is 0 Å². The molecule has 1 saturated heterocycles. The molecule has 1 aromatic carbocycles. The molecule has 5 heteroatoms. The first-order valence-electron chi connectivity index (χ1n) is 7.52. The van der Waals surface area contributed by atoms with Crippen molar-refractivity contribution < 1.29 is 4.79 Å². The summed E-state index contributed by atoms with van der Waals surface area (Å²) in [6.45, 7) is 4.12. The summed E-state index contributed by atoms with van der Waals surface area (Å²) in [5, 5.41) is 7.66. The summed E-state index contributed by atoms with van der Waals surface area (Å²) in [7, 11) is 0. The molecule has 1 amide bonds. The topological polar surface area (TPSA) is 41.1 Å². The second-order valence-corrected chi connectivity index (χ2v) is 7.02. The van der Waals surface area contributed by atoms with Gasteiger partial charge >= 0.3 is 0 Å². The highest BCUT2D eigenvalue weighted by atomic mass is 35.5. The van der Waals surface area contributed by atoms with Gasteiger partial charge in [-0.1, -0.05) is 36.2 Å². The molecule has 2 N–H and O–H groups in total. The third-order valence-corrected chi connectivity index (χ3v) is 5.39. The van der Waals surface area contributed by atoms with Crippen molar-refractivity contribution in [2.75, 3.05) is 13.1 Å². The summed E-state index contributed by atoms with van der Waals surface area (Å²) in [6.07, 6.45) is 2.02. The molecule has 114 valence electrons. The molecule has 0 spiro atoms. The van der Waals surface area contributed by atoms with E-state index in [1.54, 1.807) is 6.07 Å². The summed E-state index contributed by atoms with van der Waals surface area (Å²) in [5.41, 5.74) is 1.11. The van der Waals surface area contributed by atoms with Gasteiger partial charge in [0.1, 0.15) is 0 Å². The van der Waals surface area contributed by atoms with Crippen LogP contribution in [-0.4, -0.2) is 25.0 Å². The largest absolute Gasteiger partial charge is 0.352 e. The highest BCUT2D eigenvalue weighted by Crippen LogP contribution is 2.48. The van der Waals surface area contributed by atoms with Gasteiger partial charge in [0, 0.05) is 18.5 Å². The van der Waals surface area contributed by atoms with Gasteiger partial charge in [-0.05, 0) is 48.9 Å². The Kier molecular flexibility index (Phi) is 4.43. The fraction of sp³-hybridized carbons (Fsp3) is 0.562. The molecule has 21 heavy (non-hydrogen) atoms. The molecule has 1 aliphatic heterocycles. The lowest BCUT2D eigenvalue weighted by Crippen LogP contribution is -2.50. The number of carbonyl (C=O) groups is 1. The molecule has 2 aliphatic rings. The van der Waals surface area contributed by atoms with Gasteiger partial charge in [-0.15, -0.1) is 0 Å². The molecule has 1 aliphatic carbocycles. The van der Waals surface area contributed by atoms with Crippen LogP contribution < -0.4 is 10.6 Å². The maximum Gasteiger partial charge on any atom is 0.224 e. The average Bonchev–Trinajstić information content (AvgIpc) is 3.25. The lowest BCUT2D eigenvalue weighted by molar-refractivity contribution is -0.123. The second kappa shape index (κ2) is 6.15. The Hall–Kier alpha value is -0.770. The Bertz CT molecular complexity index is 549. The molecule has 1 aromatic rings. The zero-order valence-electron chi connectivity index (χ0n) is 12.0. The van der Waals surface area contributed by atoms with E-state index < -0.39 is 0 Å². The van der Waals surface area contributed by atoms with E-state index in [2.05, 4.69) is 17.6 Å². The second-order valence-electron chi connectivity index (χ2n) is 6.21. The van der Waals surface area contributed by atoms with Crippen molar-refractivity contribution in [2.24, 2.45) is 11.8 Å². The predicted octanol–water partition coefficient (Wildman–Crippen LogP) is 3.21. The third-order valence-electron chi connectivity index (χ3n) is 4.65. The van der Waals surface area contributed by atoms with Crippen LogP contribution in [0.2, 0.25) is 10.0 Å². The molecule has 1 saturated carbocycles. The van der Waals surface area contributed by atoms with Gasteiger partial charge < -0.3 is 10.6 Å². The molecule has 4 atom stereocenters. The number of hydrogen-bond donors (Lipinski definition) is 2. The van der Waals surface area contributed by atoms with Crippen LogP contribution in [0.3, 0.4) is 0 Å². The minimum Gasteiger partial charge on any atom is -0.352 e. The Morgan fingerprint density at radius 2 is 2.14 bits per heavy atom. The van der Waals surface area contributed by atoms with Crippen LogP contribution in [0.5, 0.6) is 0 Å². The number of benzene rings is 1. The van der Waals surface area contributed by atoms with Crippen LogP contribution in [0.25, 0.3) is 0 Å². The van der Waals surface area contributed by atoms with Crippen molar-refractivity contribution >= 4 is 29.1 Å². The number of rotatable bonds is 3. The Labute approximate surface area is 135 Å². The van der Waals surface area contributed by atoms with Crippen molar-refractivity contribution in [1.82, 2.24) is 10.6 Å². The van der Waals surface area contributed by atoms with Crippen molar-refractivity contribution in [3.05, 3.63) is 33.8 Å². The van der Waals surface area contributed by atoms with E-state index in [1.807, 2.05) is 12.1 Å². The van der Waals surface area contributed by atoms with Gasteiger partial charge in [0.25, 0.3) is 0 Å². The minimum atomic E-state index is 0.0800. The Balaban J connectivity index is 1.59. The van der Waals surface area contributed by atoms with Crippen molar-refractivity contribution in [3.63, 3.8) is 0 Å². The first-order valence-corrected chi connectivity index (χ1v) is 8.28. The standard InChI is InChI=1S/C16H20Cl2N2O/c1-9-4-5-19-8-15(9)20-16(21)12-7-11(12)10-2-3-13(17)14(18)6-10/h2-3,6,9,11-12,15,19H,4-5,7-8H2,1H3,(H,20,21). The Morgan fingerprint density at radius 1 is 1.33 bits per heavy atom. The van der Waals surface area contributed by atoms with Crippen LogP contribution in [-0.2, 0) is 4.79 Å². The number of nitrogens with one attached hydrogen (secondary N) is 2. The smallest absolute Gasteiger partial charge is 0.224 e. The van der Waals surface area contributed by atoms with Gasteiger partial charge in [0.15, 0.2) is 0 Å². The van der Waals surface area contributed by atoms with Crippen LogP contribution in [0.15, 0.2) is 18.2 Å². The zero-order valence-corrected chi connectivity index (χ0v) is 13.5. The van der Waals surface area contributed by atoms with Gasteiger partial charge in [-0.25, -0.2) is 0 Å². The predicted molar refractivity (Wildman–Crippen MR) is 85.9 cm³/mol. The first kappa shape index (κ1) is 15.1. The molecule has 4 unspecified atom stereocenters. The maximum absolute atomic E-state index is 12.4. The average molecular weight is 327 g/mol. The molecule has 2 fully saturated rings. The first-order chi connectivity index (χ1) is 10.1. The van der Waals surface area contributed by atoms with E-state index in [1.165, 1.54) is 0 Å². The van der Waals surface area contributed by atoms with Gasteiger partial charge in [-0.2, -0.15) is 0 Å². The van der Waals surface area contributed by atoms with Gasteiger partial charge in [0.05, 0.1) is 10.0 Å². The van der Waals surface area contributed by atoms with E-state index in [4.69, 9.17) is 23.2 Å². The normalized spacial score (nSPS) is 31.8. The number of halogens is 2. The minimum absolute atomic E-state index is 0.0800. The molecule has 0 radical (unpaired) electrons. The van der Waals surface area contributed by atoms with E-state index in [9.17, 15) is 4.79 Å². The summed E-state index contributed by atoms with van der Waals surface area (Å²) in [5.74, 6) is 1.08. The van der Waals surface area contributed by atoms with Gasteiger partial charge in [-0.3, -0.25) is 4.79 Å². The fourth-order valence-electron chi connectivity index (χ4n) is 3.07. The quantitative estimate of drug-likeness (QED) is 0.895. The highest BCUT2D eigenvalue weighted by molar-refractivity contribution is 6.42. The van der Waals surface area contributed by atoms with Crippen LogP contribution in [0.4, 0.5) is 0 Å². The summed E-state index contributed by atoms with van der Waals surface area (Å²) >= 11 is 12.0. The molecule has 3 nitrogen and oxygen atoms in total. The third kappa shape index (κ3) is 3.36. The number of carbonyl (C=O) groups excluding carboxylic acids is 1. The maximum atomic E-state index is 12.4. The van der Waals surface area contributed by atoms with E-state index >= 15 is 0 Å². The van der Waals surface area contributed by atoms with Crippen LogP contribution in [0, 0.1) is 11.8 Å². The van der Waals surface area contributed by atoms with Crippen LogP contribution in [0.1, 0.15) is 31.2 Å². The van der Waals surface area contributed by atoms with E-state index in [-0.39, 0.29) is 23.8 Å². The number of piperidine rings is 1. The molecule has 3 rings (SSSR count). The molecular formula is C16H20Cl2N2O. The highest BCUT2D eigenvalue weighted by Gasteiger charge is 2.44. The lowest BCUT2D eigenvalue weighted by Gasteiger charge is -2.30. The molecule has 0 bridgehead atoms. The van der Waals surface area contributed by atoms with E-state index in [0.29, 0.717) is 16.0 Å². The number of hydrogen-bond acceptors (Lipinski definition) is 2. The Morgan fingerprint density at radius 3 is 2.86 bits per heavy atom. The summed E-state index contributed by atoms with van der Waals surface area (Å²) < 4.78 is 0. The zero-order chi connectivity index (χ0) is 15.0. The fourth-order valence-corrected chi connectivity index (χ4v) is 3.38. The van der Waals surface area contributed by atoms with Crippen LogP contribution >= 0.6 is 23.2 Å². The molecular weight excluding hydrogens is 307 g/mol. The van der Waals surface area contributed by atoms with Gasteiger partial charge in [0.2, 0.25) is 5.91 Å². The van der Waals surface area contributed by atoms with E-state index in [0.717, 1.165) is 31.5 Å². The summed E-state index contributed by atoms with van der Waals surface area (Å²) in [4.78, 5) is 12.4. The number of amides is 1. The van der Waals surface area contributed by atoms with Crippen molar-refractivity contribution in [2.45, 2.75) is 31.7 Å². The SMILES string of the molecule is CC1CCNCC1NC(=O)C1CC1c1ccc(Cl)c(Cl)c1. The monoisotopic (exact) mass is 326 g/mol. The lowest BCUT2D eigenvalue weighted by atomic mass is 9.94. The molecule has 0 aromatic heterocycles. The molecule has 1 heterocycles. The summed E-state index contributed by atoms with van der Waals surface area (Å²) in [6, 6.07) is 5.91.